The van der Waals surface area contributed by atoms with Gasteiger partial charge in [0.2, 0.25) is 0 Å². The highest BCUT2D eigenvalue weighted by Crippen LogP contribution is 2.58. The van der Waals surface area contributed by atoms with Crippen LogP contribution in [0.25, 0.3) is 0 Å². The van der Waals surface area contributed by atoms with Crippen molar-refractivity contribution in [3.05, 3.63) is 24.3 Å². The first kappa shape index (κ1) is 36.4. The molecule has 11 heteroatoms. The van der Waals surface area contributed by atoms with Crippen LogP contribution in [-0.4, -0.2) is 114 Å². The number of nitrogens with two attached hydrogens (primary N) is 1. The van der Waals surface area contributed by atoms with Gasteiger partial charge < -0.3 is 48.7 Å². The highest BCUT2D eigenvalue weighted by atomic mass is 16.8. The fourth-order valence-electron chi connectivity index (χ4n) is 11.7. The first-order valence-electron chi connectivity index (χ1n) is 20.5. The van der Waals surface area contributed by atoms with Crippen LogP contribution in [0.15, 0.2) is 24.3 Å². The molecule has 6 unspecified atom stereocenters. The molecule has 0 aromatic rings. The van der Waals surface area contributed by atoms with E-state index < -0.39 is 17.5 Å². The Bertz CT molecular complexity index is 1410. The van der Waals surface area contributed by atoms with Crippen LogP contribution >= 0.6 is 0 Å². The second kappa shape index (κ2) is 13.7. The van der Waals surface area contributed by atoms with Crippen LogP contribution in [0.4, 0.5) is 0 Å². The van der Waals surface area contributed by atoms with Crippen molar-refractivity contribution in [3.63, 3.8) is 0 Å². The molecule has 0 saturated carbocycles. The summed E-state index contributed by atoms with van der Waals surface area (Å²) in [5, 5.41) is 10.5. The first-order chi connectivity index (χ1) is 24.9. The summed E-state index contributed by atoms with van der Waals surface area (Å²) in [6, 6.07) is 0. The number of ketones is 1. The molecule has 10 rings (SSSR count). The van der Waals surface area contributed by atoms with Gasteiger partial charge in [-0.1, -0.05) is 27.0 Å². The Morgan fingerprint density at radius 2 is 1.58 bits per heavy atom. The summed E-state index contributed by atoms with van der Waals surface area (Å²) in [4.78, 5) is 14.0. The number of ether oxygens (including phenoxy) is 8. The van der Waals surface area contributed by atoms with E-state index in [4.69, 9.17) is 43.6 Å². The third-order valence-electron chi connectivity index (χ3n) is 14.6. The van der Waals surface area contributed by atoms with Crippen LogP contribution in [0.5, 0.6) is 0 Å². The smallest absolute Gasteiger partial charge is 0.172 e. The van der Waals surface area contributed by atoms with Crippen molar-refractivity contribution in [2.75, 3.05) is 6.54 Å². The molecule has 0 radical (unpaired) electrons. The number of hydrogen-bond acceptors (Lipinski definition) is 11. The van der Waals surface area contributed by atoms with Crippen LogP contribution in [0.2, 0.25) is 0 Å². The highest BCUT2D eigenvalue weighted by Gasteiger charge is 2.73. The van der Waals surface area contributed by atoms with Gasteiger partial charge in [0.15, 0.2) is 5.79 Å². The number of rotatable bonds is 3. The monoisotopic (exact) mass is 727 g/mol. The SMILES string of the molecule is C=C1C[C@@H]2CC[C@@]34C[C@@]5(C)O[C@H]6C(O3)[C@H]3OC(CC[C@@H]3O[C@H]6C5O4)CC(=O)C[C@@H]3[C@@H](C)[C@@H](CC(O)CN)O[C@H]3CC3O[C@@H](CCC1O2)C[C@@H](C)C3=C. The largest absolute Gasteiger partial charge is 0.392 e. The number of aliphatic hydroxyl groups is 1. The Morgan fingerprint density at radius 3 is 2.40 bits per heavy atom. The lowest BCUT2D eigenvalue weighted by molar-refractivity contribution is -0.294. The van der Waals surface area contributed by atoms with Crippen LogP contribution in [0.1, 0.15) is 104 Å². The predicted octanol–water partition coefficient (Wildman–Crippen LogP) is 4.45. The average Bonchev–Trinajstić information content (AvgIpc) is 3.73. The van der Waals surface area contributed by atoms with E-state index >= 15 is 0 Å². The Morgan fingerprint density at radius 1 is 0.808 bits per heavy atom. The number of fused-ring (bicyclic) bond motifs is 6. The quantitative estimate of drug-likeness (QED) is 0.399. The number of carbonyl (C=O) groups is 1. The molecular formula is C41H61NO10. The van der Waals surface area contributed by atoms with Gasteiger partial charge >= 0.3 is 0 Å². The van der Waals surface area contributed by atoms with Gasteiger partial charge in [-0.25, -0.2) is 0 Å². The Labute approximate surface area is 308 Å². The molecule has 0 amide bonds. The molecule has 10 aliphatic heterocycles. The molecule has 11 nitrogen and oxygen atoms in total. The molecule has 1 spiro atoms. The lowest BCUT2D eigenvalue weighted by Crippen LogP contribution is -2.61. The third kappa shape index (κ3) is 6.40. The first-order valence-corrected chi connectivity index (χ1v) is 20.5. The van der Waals surface area contributed by atoms with Crippen molar-refractivity contribution < 1.29 is 47.8 Å². The Kier molecular flexibility index (Phi) is 9.62. The van der Waals surface area contributed by atoms with Crippen molar-refractivity contribution in [1.29, 1.82) is 0 Å². The molecule has 290 valence electrons. The van der Waals surface area contributed by atoms with E-state index in [0.29, 0.717) is 44.4 Å². The summed E-state index contributed by atoms with van der Waals surface area (Å²) >= 11 is 0. The molecule has 10 fully saturated rings. The van der Waals surface area contributed by atoms with Crippen LogP contribution in [-0.2, 0) is 42.7 Å². The van der Waals surface area contributed by atoms with Crippen LogP contribution < -0.4 is 5.73 Å². The van der Waals surface area contributed by atoms with Gasteiger partial charge in [0, 0.05) is 45.1 Å². The minimum atomic E-state index is -0.803. The van der Waals surface area contributed by atoms with Crippen LogP contribution in [0.3, 0.4) is 0 Å². The summed E-state index contributed by atoms with van der Waals surface area (Å²) in [5.41, 5.74) is 7.57. The molecule has 3 N–H and O–H groups in total. The van der Waals surface area contributed by atoms with E-state index in [1.165, 1.54) is 0 Å². The Hall–Kier alpha value is -1.25. The van der Waals surface area contributed by atoms with E-state index in [1.807, 2.05) is 0 Å². The lowest BCUT2D eigenvalue weighted by atomic mass is 9.78. The number of hydrogen-bond donors (Lipinski definition) is 2. The van der Waals surface area contributed by atoms with Crippen molar-refractivity contribution >= 4 is 5.78 Å². The zero-order chi connectivity index (χ0) is 36.1. The zero-order valence-electron chi connectivity index (χ0n) is 31.3. The molecular weight excluding hydrogens is 666 g/mol. The van der Waals surface area contributed by atoms with Gasteiger partial charge in [-0.2, -0.15) is 0 Å². The number of aliphatic hydroxyl groups excluding tert-OH is 1. The fourth-order valence-corrected chi connectivity index (χ4v) is 11.7. The van der Waals surface area contributed by atoms with Gasteiger partial charge in [0.25, 0.3) is 0 Å². The summed E-state index contributed by atoms with van der Waals surface area (Å²) in [7, 11) is 0. The highest BCUT2D eigenvalue weighted by molar-refractivity contribution is 5.79. The lowest BCUT2D eigenvalue weighted by Gasteiger charge is -2.47. The number of carbonyl (C=O) groups excluding carboxylic acids is 1. The van der Waals surface area contributed by atoms with Crippen molar-refractivity contribution in [1.82, 2.24) is 0 Å². The molecule has 0 aliphatic carbocycles. The van der Waals surface area contributed by atoms with Gasteiger partial charge in [-0.05, 0) is 80.8 Å². The van der Waals surface area contributed by atoms with Crippen LogP contribution in [0, 0.1) is 17.8 Å². The molecule has 12 bridgehead atoms. The summed E-state index contributed by atoms with van der Waals surface area (Å²) in [6.07, 6.45) is 6.17. The maximum atomic E-state index is 14.0. The second-order valence-electron chi connectivity index (χ2n) is 18.3. The average molecular weight is 728 g/mol. The molecule has 52 heavy (non-hydrogen) atoms. The van der Waals surface area contributed by atoms with E-state index in [1.54, 1.807) is 0 Å². The molecule has 0 aromatic carbocycles. The molecule has 0 aromatic heterocycles. The van der Waals surface area contributed by atoms with Gasteiger partial charge in [0.05, 0.1) is 54.9 Å². The third-order valence-corrected chi connectivity index (χ3v) is 14.6. The molecule has 10 aliphatic rings. The number of Topliss-reactive ketones (excluding diaryl/α,β-unsaturated/α-hetero) is 1. The molecule has 10 heterocycles. The van der Waals surface area contributed by atoms with Gasteiger partial charge in [-0.3, -0.25) is 4.79 Å². The summed E-state index contributed by atoms with van der Waals surface area (Å²) in [6.45, 7) is 15.6. The fraction of sp³-hybridized carbons (Fsp3) is 0.878. The maximum Gasteiger partial charge on any atom is 0.172 e. The van der Waals surface area contributed by atoms with E-state index in [-0.39, 0.29) is 104 Å². The summed E-state index contributed by atoms with van der Waals surface area (Å²) < 4.78 is 54.5. The van der Waals surface area contributed by atoms with E-state index in [9.17, 15) is 9.90 Å². The minimum Gasteiger partial charge on any atom is -0.392 e. The zero-order valence-corrected chi connectivity index (χ0v) is 31.3. The summed E-state index contributed by atoms with van der Waals surface area (Å²) in [5.74, 6) is -0.272. The van der Waals surface area contributed by atoms with Gasteiger partial charge in [-0.15, -0.1) is 0 Å². The molecule has 19 atom stereocenters. The normalized spacial score (nSPS) is 53.8. The second-order valence-corrected chi connectivity index (χ2v) is 18.3. The maximum absolute atomic E-state index is 14.0. The topological polar surface area (TPSA) is 137 Å². The van der Waals surface area contributed by atoms with E-state index in [0.717, 1.165) is 56.1 Å². The standard InChI is InChI=1S/C41H61NO10/c1-20-12-26-6-8-30-21(2)13-28(45-30)10-11-41-19-40(5)39(52-41)38-37(50-40)36(51-41)35-31(49-38)9-7-27(47-35)14-24(43)15-29-23(4)32(16-25(44)18-42)48-34(29)17-33(46-26)22(20)3/h20,23,25-39,44H,2-3,6-19,42H2,1,4-5H3/t20-,23-,25?,26+,27?,28+,29-,30?,31+,32-,33?,34+,35+,36?,37+,38-,39?,40-,41-/m1/s1. The van der Waals surface area contributed by atoms with Crippen molar-refractivity contribution in [3.8, 4) is 0 Å². The van der Waals surface area contributed by atoms with Gasteiger partial charge in [0.1, 0.15) is 41.9 Å². The Balaban J connectivity index is 0.994. The van der Waals surface area contributed by atoms with Crippen molar-refractivity contribution in [2.24, 2.45) is 23.5 Å². The minimum absolute atomic E-state index is 0.00566. The van der Waals surface area contributed by atoms with E-state index in [2.05, 4.69) is 33.9 Å². The predicted molar refractivity (Wildman–Crippen MR) is 189 cm³/mol. The van der Waals surface area contributed by atoms with Crippen molar-refractivity contribution in [2.45, 2.75) is 201 Å². The molecule has 10 saturated heterocycles.